The first-order valence-corrected chi connectivity index (χ1v) is 19.1. The molecule has 2 fully saturated rings. The second-order valence-electron chi connectivity index (χ2n) is 14.5. The van der Waals surface area contributed by atoms with Crippen molar-refractivity contribution in [1.82, 2.24) is 10.2 Å². The summed E-state index contributed by atoms with van der Waals surface area (Å²) in [5.41, 5.74) is -0.597. The summed E-state index contributed by atoms with van der Waals surface area (Å²) >= 11 is 0. The molecule has 0 saturated carbocycles. The molecule has 304 valence electrons. The van der Waals surface area contributed by atoms with Crippen LogP contribution in [0, 0.1) is 47.0 Å². The SMILES string of the molecule is CCC1(CC)CC(=O)N(c2c(F)cc(C#Cc3ccccc3)cc2F)C(=O)N1.CN1C(=O)N(c2c(F)cc(C#Cc3ccccc3)cc2F)C(=O)C[C@]1(C)c1ccccc1. The average molecular weight is 813 g/mol. The molecule has 0 aliphatic carbocycles. The van der Waals surface area contributed by atoms with Crippen LogP contribution in [0.3, 0.4) is 0 Å². The fourth-order valence-electron chi connectivity index (χ4n) is 7.02. The molecule has 12 heteroatoms. The molecule has 6 amide bonds. The number of nitrogens with one attached hydrogen (secondary N) is 1. The summed E-state index contributed by atoms with van der Waals surface area (Å²) in [5, 5.41) is 2.73. The Hall–Kier alpha value is -7.18. The first-order valence-electron chi connectivity index (χ1n) is 19.1. The zero-order valence-electron chi connectivity index (χ0n) is 33.3. The lowest BCUT2D eigenvalue weighted by molar-refractivity contribution is -0.122. The average Bonchev–Trinajstić information content (AvgIpc) is 3.24. The van der Waals surface area contributed by atoms with Gasteiger partial charge in [0.1, 0.15) is 11.4 Å². The number of carbonyl (C=O) groups is 4. The first-order chi connectivity index (χ1) is 28.7. The highest BCUT2D eigenvalue weighted by molar-refractivity contribution is 6.17. The van der Waals surface area contributed by atoms with Crippen molar-refractivity contribution in [1.29, 1.82) is 0 Å². The summed E-state index contributed by atoms with van der Waals surface area (Å²) in [4.78, 5) is 53.5. The lowest BCUT2D eigenvalue weighted by Gasteiger charge is -2.45. The van der Waals surface area contributed by atoms with Crippen LogP contribution in [-0.4, -0.2) is 41.4 Å². The maximum Gasteiger partial charge on any atom is 0.332 e. The van der Waals surface area contributed by atoms with Crippen LogP contribution in [0.15, 0.2) is 115 Å². The number of carbonyl (C=O) groups excluding carboxylic acids is 4. The monoisotopic (exact) mass is 812 g/mol. The van der Waals surface area contributed by atoms with E-state index in [0.29, 0.717) is 33.8 Å². The van der Waals surface area contributed by atoms with Gasteiger partial charge in [-0.05, 0) is 73.9 Å². The van der Waals surface area contributed by atoms with Gasteiger partial charge >= 0.3 is 12.1 Å². The lowest BCUT2D eigenvalue weighted by Crippen LogP contribution is -2.62. The Labute approximate surface area is 345 Å². The molecule has 1 N–H and O–H groups in total. The predicted octanol–water partition coefficient (Wildman–Crippen LogP) is 9.44. The van der Waals surface area contributed by atoms with Crippen molar-refractivity contribution < 1.29 is 36.7 Å². The van der Waals surface area contributed by atoms with Crippen LogP contribution in [0.2, 0.25) is 0 Å². The number of imide groups is 2. The minimum atomic E-state index is -1.03. The fourth-order valence-corrected chi connectivity index (χ4v) is 7.02. The Morgan fingerprint density at radius 1 is 0.567 bits per heavy atom. The van der Waals surface area contributed by atoms with Gasteiger partial charge in [0.2, 0.25) is 11.8 Å². The second-order valence-corrected chi connectivity index (χ2v) is 14.5. The number of urea groups is 2. The van der Waals surface area contributed by atoms with E-state index in [0.717, 1.165) is 29.8 Å². The van der Waals surface area contributed by atoms with E-state index in [1.165, 1.54) is 11.9 Å². The molecule has 2 saturated heterocycles. The Kier molecular flexibility index (Phi) is 12.6. The van der Waals surface area contributed by atoms with Gasteiger partial charge in [-0.25, -0.2) is 37.0 Å². The van der Waals surface area contributed by atoms with Crippen LogP contribution in [0.25, 0.3) is 0 Å². The highest BCUT2D eigenvalue weighted by Gasteiger charge is 2.48. The second kappa shape index (κ2) is 17.8. The molecule has 60 heavy (non-hydrogen) atoms. The van der Waals surface area contributed by atoms with Crippen LogP contribution < -0.4 is 15.1 Å². The smallest absolute Gasteiger partial charge is 0.331 e. The number of amides is 6. The van der Waals surface area contributed by atoms with E-state index in [2.05, 4.69) is 29.0 Å². The minimum absolute atomic E-state index is 0.0137. The van der Waals surface area contributed by atoms with E-state index in [9.17, 15) is 36.7 Å². The molecule has 8 nitrogen and oxygen atoms in total. The van der Waals surface area contributed by atoms with E-state index >= 15 is 0 Å². The van der Waals surface area contributed by atoms with E-state index < -0.39 is 69.6 Å². The highest BCUT2D eigenvalue weighted by atomic mass is 19.1. The van der Waals surface area contributed by atoms with Crippen molar-refractivity contribution in [2.45, 2.75) is 57.5 Å². The molecule has 1 atom stereocenters. The molecule has 0 unspecified atom stereocenters. The molecule has 5 aromatic carbocycles. The molecule has 0 radical (unpaired) electrons. The van der Waals surface area contributed by atoms with Crippen molar-refractivity contribution in [3.05, 3.63) is 166 Å². The minimum Gasteiger partial charge on any atom is -0.331 e. The number of halogens is 4. The Balaban J connectivity index is 0.000000203. The summed E-state index contributed by atoms with van der Waals surface area (Å²) in [6.07, 6.45) is 0.968. The van der Waals surface area contributed by atoms with Gasteiger partial charge in [0.05, 0.1) is 23.9 Å². The summed E-state index contributed by atoms with van der Waals surface area (Å²) in [7, 11) is 1.52. The van der Waals surface area contributed by atoms with E-state index in [4.69, 9.17) is 0 Å². The van der Waals surface area contributed by atoms with E-state index in [-0.39, 0.29) is 24.0 Å². The maximum absolute atomic E-state index is 14.9. The number of hydrogen-bond donors (Lipinski definition) is 1. The van der Waals surface area contributed by atoms with Gasteiger partial charge in [-0.15, -0.1) is 0 Å². The molecular weight excluding hydrogens is 773 g/mol. The quantitative estimate of drug-likeness (QED) is 0.142. The molecule has 7 rings (SSSR count). The van der Waals surface area contributed by atoms with Crippen molar-refractivity contribution in [3.63, 3.8) is 0 Å². The molecule has 0 spiro atoms. The lowest BCUT2D eigenvalue weighted by atomic mass is 9.85. The summed E-state index contributed by atoms with van der Waals surface area (Å²) in [5.74, 6) is 5.66. The summed E-state index contributed by atoms with van der Waals surface area (Å²) in [6, 6.07) is 29.6. The van der Waals surface area contributed by atoms with Crippen molar-refractivity contribution in [2.24, 2.45) is 0 Å². The number of hydrogen-bond acceptors (Lipinski definition) is 4. The zero-order valence-corrected chi connectivity index (χ0v) is 33.3. The summed E-state index contributed by atoms with van der Waals surface area (Å²) in [6.45, 7) is 5.46. The highest BCUT2D eigenvalue weighted by Crippen LogP contribution is 2.39. The third-order valence-corrected chi connectivity index (χ3v) is 10.8. The topological polar surface area (TPSA) is 90.0 Å². The first kappa shape index (κ1) is 42.4. The van der Waals surface area contributed by atoms with Gasteiger partial charge in [-0.1, -0.05) is 104 Å². The third kappa shape index (κ3) is 8.79. The molecule has 2 aliphatic rings. The molecule has 0 aromatic heterocycles. The van der Waals surface area contributed by atoms with Gasteiger partial charge in [-0.2, -0.15) is 0 Å². The van der Waals surface area contributed by atoms with Crippen molar-refractivity contribution >= 4 is 35.3 Å². The van der Waals surface area contributed by atoms with Crippen LogP contribution in [0.4, 0.5) is 38.5 Å². The molecule has 2 aliphatic heterocycles. The Morgan fingerprint density at radius 3 is 1.37 bits per heavy atom. The summed E-state index contributed by atoms with van der Waals surface area (Å²) < 4.78 is 59.2. The van der Waals surface area contributed by atoms with E-state index in [1.807, 2.05) is 80.6 Å². The molecule has 0 bridgehead atoms. The Bertz CT molecular complexity index is 2510. The normalized spacial score (nSPS) is 17.1. The van der Waals surface area contributed by atoms with Gasteiger partial charge in [0.15, 0.2) is 23.3 Å². The molecule has 5 aromatic rings. The van der Waals surface area contributed by atoms with Crippen LogP contribution in [0.5, 0.6) is 0 Å². The number of nitrogens with zero attached hydrogens (tertiary/aromatic N) is 3. The van der Waals surface area contributed by atoms with Gasteiger partial charge in [0.25, 0.3) is 0 Å². The van der Waals surface area contributed by atoms with E-state index in [1.54, 1.807) is 31.2 Å². The Morgan fingerprint density at radius 2 is 0.950 bits per heavy atom. The predicted molar refractivity (Wildman–Crippen MR) is 221 cm³/mol. The molecule has 2 heterocycles. The number of anilines is 2. The maximum atomic E-state index is 14.9. The standard InChI is InChI=1S/C26H20F2N2O2.C22H20F2N2O2/c1-26(20-11-7-4-8-12-20)17-23(31)30(25(32)29(26)2)24-21(27)15-19(16-22(24)28)14-13-18-9-5-3-6-10-18;1-3-22(4-2)14-19(27)26(21(28)25-22)20-17(23)12-16(13-18(20)24)11-10-15-8-6-5-7-9-15/h3-12,15-16H,17H2,1-2H3;5-9,12-13H,3-4,14H2,1-2H3,(H,25,28)/t26-;/m1./s1. The third-order valence-electron chi connectivity index (χ3n) is 10.8. The van der Waals surface area contributed by atoms with Gasteiger partial charge < -0.3 is 10.2 Å². The number of rotatable bonds is 5. The van der Waals surface area contributed by atoms with Crippen LogP contribution in [-0.2, 0) is 15.1 Å². The van der Waals surface area contributed by atoms with Gasteiger partial charge in [0, 0.05) is 29.3 Å². The largest absolute Gasteiger partial charge is 0.332 e. The van der Waals surface area contributed by atoms with Crippen LogP contribution in [0.1, 0.15) is 74.3 Å². The van der Waals surface area contributed by atoms with Crippen molar-refractivity contribution in [3.8, 4) is 23.7 Å². The van der Waals surface area contributed by atoms with Crippen LogP contribution >= 0.6 is 0 Å². The fraction of sp³-hybridized carbons (Fsp3) is 0.208. The van der Waals surface area contributed by atoms with Gasteiger partial charge in [-0.3, -0.25) is 9.59 Å². The number of benzene rings is 5. The van der Waals surface area contributed by atoms with Crippen molar-refractivity contribution in [2.75, 3.05) is 16.8 Å². The zero-order chi connectivity index (χ0) is 43.2. The molecular formula is C48H40F4N4O4.